The molecule has 2 heterocycles. The van der Waals surface area contributed by atoms with Gasteiger partial charge in [-0.2, -0.15) is 0 Å². The first kappa shape index (κ1) is 16.3. The quantitative estimate of drug-likeness (QED) is 0.855. The lowest BCUT2D eigenvalue weighted by Crippen LogP contribution is -2.12. The van der Waals surface area contributed by atoms with Gasteiger partial charge < -0.3 is 14.2 Å². The van der Waals surface area contributed by atoms with Crippen molar-refractivity contribution in [3.05, 3.63) is 34.8 Å². The number of carbonyl (C=O) groups is 2. The minimum Gasteiger partial charge on any atom is -0.490 e. The molecule has 1 amide bonds. The SMILES string of the molecule is CCOC(=O)c1csc(NC(=O)c2ccc3c(c2)OCCCO3)n1. The molecule has 24 heavy (non-hydrogen) atoms. The Morgan fingerprint density at radius 1 is 1.29 bits per heavy atom. The van der Waals surface area contributed by atoms with Crippen LogP contribution in [0.25, 0.3) is 0 Å². The maximum absolute atomic E-state index is 12.3. The highest BCUT2D eigenvalue weighted by Gasteiger charge is 2.16. The van der Waals surface area contributed by atoms with Crippen molar-refractivity contribution in [2.75, 3.05) is 25.1 Å². The Labute approximate surface area is 142 Å². The van der Waals surface area contributed by atoms with Crippen LogP contribution in [-0.2, 0) is 4.74 Å². The number of hydrogen-bond donors (Lipinski definition) is 1. The van der Waals surface area contributed by atoms with Gasteiger partial charge in [-0.25, -0.2) is 9.78 Å². The summed E-state index contributed by atoms with van der Waals surface area (Å²) in [6.45, 7) is 3.13. The second-order valence-electron chi connectivity index (χ2n) is 4.92. The van der Waals surface area contributed by atoms with Crippen LogP contribution in [0.1, 0.15) is 34.2 Å². The highest BCUT2D eigenvalue weighted by atomic mass is 32.1. The van der Waals surface area contributed by atoms with Gasteiger partial charge in [-0.05, 0) is 25.1 Å². The standard InChI is InChI=1S/C16H16N2O5S/c1-2-21-15(20)11-9-24-16(17-11)18-14(19)10-4-5-12-13(8-10)23-7-3-6-22-12/h4-5,8-9H,2-3,6-7H2,1H3,(H,17,18,19). The smallest absolute Gasteiger partial charge is 0.357 e. The Bertz CT molecular complexity index is 759. The van der Waals surface area contributed by atoms with Crippen LogP contribution in [0.2, 0.25) is 0 Å². The highest BCUT2D eigenvalue weighted by molar-refractivity contribution is 7.14. The van der Waals surface area contributed by atoms with E-state index in [1.54, 1.807) is 30.5 Å². The molecule has 1 aromatic carbocycles. The van der Waals surface area contributed by atoms with Crippen LogP contribution in [0.4, 0.5) is 5.13 Å². The largest absolute Gasteiger partial charge is 0.490 e. The van der Waals surface area contributed by atoms with Crippen molar-refractivity contribution in [1.29, 1.82) is 0 Å². The summed E-state index contributed by atoms with van der Waals surface area (Å²) in [6.07, 6.45) is 0.798. The maximum atomic E-state index is 12.3. The number of aromatic nitrogens is 1. The van der Waals surface area contributed by atoms with Crippen molar-refractivity contribution in [2.45, 2.75) is 13.3 Å². The lowest BCUT2D eigenvalue weighted by atomic mass is 10.2. The molecule has 0 spiro atoms. The van der Waals surface area contributed by atoms with E-state index in [2.05, 4.69) is 10.3 Å². The minimum absolute atomic E-state index is 0.177. The summed E-state index contributed by atoms with van der Waals surface area (Å²) < 4.78 is 16.0. The van der Waals surface area contributed by atoms with Crippen molar-refractivity contribution in [2.24, 2.45) is 0 Å². The normalized spacial score (nSPS) is 13.0. The first-order valence-corrected chi connectivity index (χ1v) is 8.39. The molecule has 0 aliphatic carbocycles. The Morgan fingerprint density at radius 2 is 2.08 bits per heavy atom. The molecule has 1 N–H and O–H groups in total. The zero-order valence-electron chi connectivity index (χ0n) is 13.0. The van der Waals surface area contributed by atoms with E-state index in [1.807, 2.05) is 0 Å². The molecule has 0 atom stereocenters. The van der Waals surface area contributed by atoms with E-state index in [0.717, 1.165) is 17.8 Å². The summed E-state index contributed by atoms with van der Waals surface area (Å²) in [5, 5.41) is 4.53. The second-order valence-corrected chi connectivity index (χ2v) is 5.78. The lowest BCUT2D eigenvalue weighted by molar-refractivity contribution is 0.0520. The Balaban J connectivity index is 1.71. The average molecular weight is 348 g/mol. The maximum Gasteiger partial charge on any atom is 0.357 e. The van der Waals surface area contributed by atoms with Crippen molar-refractivity contribution in [3.8, 4) is 11.5 Å². The van der Waals surface area contributed by atoms with Crippen molar-refractivity contribution in [3.63, 3.8) is 0 Å². The van der Waals surface area contributed by atoms with E-state index in [0.29, 0.717) is 35.4 Å². The van der Waals surface area contributed by atoms with Crippen LogP contribution in [0.3, 0.4) is 0 Å². The van der Waals surface area contributed by atoms with Crippen LogP contribution >= 0.6 is 11.3 Å². The molecule has 0 bridgehead atoms. The molecule has 3 rings (SSSR count). The van der Waals surface area contributed by atoms with E-state index in [4.69, 9.17) is 14.2 Å². The molecule has 1 aliphatic heterocycles. The monoisotopic (exact) mass is 348 g/mol. The van der Waals surface area contributed by atoms with Gasteiger partial charge in [0.05, 0.1) is 19.8 Å². The fourth-order valence-electron chi connectivity index (χ4n) is 2.10. The number of nitrogens with zero attached hydrogens (tertiary/aromatic N) is 1. The van der Waals surface area contributed by atoms with Gasteiger partial charge in [0.25, 0.3) is 5.91 Å². The van der Waals surface area contributed by atoms with Crippen LogP contribution in [0, 0.1) is 0 Å². The number of benzene rings is 1. The van der Waals surface area contributed by atoms with Crippen molar-refractivity contribution >= 4 is 28.3 Å². The molecule has 0 saturated carbocycles. The second kappa shape index (κ2) is 7.31. The van der Waals surface area contributed by atoms with Crippen LogP contribution in [-0.4, -0.2) is 36.7 Å². The average Bonchev–Trinajstić information content (AvgIpc) is 2.91. The van der Waals surface area contributed by atoms with Gasteiger partial charge in [-0.15, -0.1) is 11.3 Å². The number of nitrogens with one attached hydrogen (secondary N) is 1. The summed E-state index contributed by atoms with van der Waals surface area (Å²) in [5.74, 6) is 0.328. The minimum atomic E-state index is -0.509. The number of carbonyl (C=O) groups excluding carboxylic acids is 2. The van der Waals surface area contributed by atoms with Crippen molar-refractivity contribution in [1.82, 2.24) is 4.98 Å². The number of fused-ring (bicyclic) bond motifs is 1. The van der Waals surface area contributed by atoms with E-state index in [-0.39, 0.29) is 18.2 Å². The molecule has 1 aliphatic rings. The predicted molar refractivity (Wildman–Crippen MR) is 88.1 cm³/mol. The molecule has 126 valence electrons. The zero-order chi connectivity index (χ0) is 16.9. The summed E-state index contributed by atoms with van der Waals surface area (Å²) in [4.78, 5) is 28.0. The highest BCUT2D eigenvalue weighted by Crippen LogP contribution is 2.30. The van der Waals surface area contributed by atoms with Gasteiger partial charge >= 0.3 is 5.97 Å². The van der Waals surface area contributed by atoms with Gasteiger partial charge in [-0.3, -0.25) is 10.1 Å². The summed E-state index contributed by atoms with van der Waals surface area (Å²) in [5.41, 5.74) is 0.600. The zero-order valence-corrected chi connectivity index (χ0v) is 13.9. The number of rotatable bonds is 4. The summed E-state index contributed by atoms with van der Waals surface area (Å²) in [6, 6.07) is 5.00. The number of thiazole rings is 1. The van der Waals surface area contributed by atoms with Gasteiger partial charge in [0.2, 0.25) is 0 Å². The third kappa shape index (κ3) is 3.65. The molecule has 0 fully saturated rings. The fraction of sp³-hybridized carbons (Fsp3) is 0.312. The van der Waals surface area contributed by atoms with E-state index in [1.165, 1.54) is 0 Å². The molecular formula is C16H16N2O5S. The third-order valence-corrected chi connectivity index (χ3v) is 3.98. The third-order valence-electron chi connectivity index (χ3n) is 3.22. The van der Waals surface area contributed by atoms with Gasteiger partial charge in [-0.1, -0.05) is 0 Å². The Kier molecular flexibility index (Phi) is 4.95. The topological polar surface area (TPSA) is 86.8 Å². The number of hydrogen-bond acceptors (Lipinski definition) is 7. The molecule has 8 heteroatoms. The summed E-state index contributed by atoms with van der Waals surface area (Å²) >= 11 is 1.16. The van der Waals surface area contributed by atoms with E-state index < -0.39 is 5.97 Å². The summed E-state index contributed by atoms with van der Waals surface area (Å²) in [7, 11) is 0. The number of anilines is 1. The van der Waals surface area contributed by atoms with E-state index in [9.17, 15) is 9.59 Å². The Morgan fingerprint density at radius 3 is 2.88 bits per heavy atom. The molecule has 0 radical (unpaired) electrons. The van der Waals surface area contributed by atoms with Gasteiger partial charge in [0, 0.05) is 17.4 Å². The molecule has 0 saturated heterocycles. The van der Waals surface area contributed by atoms with Crippen molar-refractivity contribution < 1.29 is 23.8 Å². The number of ether oxygens (including phenoxy) is 3. The van der Waals surface area contributed by atoms with Gasteiger partial charge in [0.15, 0.2) is 22.3 Å². The van der Waals surface area contributed by atoms with Gasteiger partial charge in [0.1, 0.15) is 0 Å². The number of esters is 1. The molecule has 2 aromatic rings. The molecule has 7 nitrogen and oxygen atoms in total. The van der Waals surface area contributed by atoms with Crippen LogP contribution in [0.15, 0.2) is 23.6 Å². The Hall–Kier alpha value is -2.61. The molecular weight excluding hydrogens is 332 g/mol. The van der Waals surface area contributed by atoms with Crippen LogP contribution in [0.5, 0.6) is 11.5 Å². The first-order chi connectivity index (χ1) is 11.7. The molecule has 0 unspecified atom stereocenters. The number of amides is 1. The fourth-order valence-corrected chi connectivity index (χ4v) is 2.78. The molecule has 1 aromatic heterocycles. The first-order valence-electron chi connectivity index (χ1n) is 7.51. The van der Waals surface area contributed by atoms with E-state index >= 15 is 0 Å². The van der Waals surface area contributed by atoms with Crippen LogP contribution < -0.4 is 14.8 Å². The predicted octanol–water partition coefficient (Wildman–Crippen LogP) is 2.73. The lowest BCUT2D eigenvalue weighted by Gasteiger charge is -2.08.